The first kappa shape index (κ1) is 13.1. The largest absolute Gasteiger partial charge is 0.506 e. The van der Waals surface area contributed by atoms with Crippen LogP contribution in [0.2, 0.25) is 10.0 Å². The number of halogens is 4. The maximum atomic E-state index is 10.9. The van der Waals surface area contributed by atoms with Crippen molar-refractivity contribution in [1.29, 1.82) is 0 Å². The SMILES string of the molecule is O=C(O)[C@@H]1C(c2cc(O)c(Cl)c(Cl)c2)C1(Cl)Cl. The molecule has 0 heterocycles. The van der Waals surface area contributed by atoms with Crippen LogP contribution in [0.25, 0.3) is 0 Å². The van der Waals surface area contributed by atoms with Gasteiger partial charge in [0.25, 0.3) is 0 Å². The van der Waals surface area contributed by atoms with E-state index in [0.717, 1.165) is 0 Å². The van der Waals surface area contributed by atoms with Crippen molar-refractivity contribution >= 4 is 52.4 Å². The summed E-state index contributed by atoms with van der Waals surface area (Å²) in [5, 5.41) is 18.6. The number of aliphatic carboxylic acids is 1. The number of carboxylic acids is 1. The summed E-state index contributed by atoms with van der Waals surface area (Å²) in [6.45, 7) is 0. The van der Waals surface area contributed by atoms with Crippen molar-refractivity contribution < 1.29 is 15.0 Å². The first-order valence-corrected chi connectivity index (χ1v) is 6.06. The number of phenols is 1. The number of carbonyl (C=O) groups is 1. The number of aromatic hydroxyl groups is 1. The Hall–Kier alpha value is -0.350. The Morgan fingerprint density at radius 1 is 1.29 bits per heavy atom. The first-order chi connectivity index (χ1) is 7.76. The molecule has 2 rings (SSSR count). The van der Waals surface area contributed by atoms with Crippen LogP contribution in [0.5, 0.6) is 5.75 Å². The van der Waals surface area contributed by atoms with Crippen LogP contribution >= 0.6 is 46.4 Å². The van der Waals surface area contributed by atoms with E-state index in [1.165, 1.54) is 12.1 Å². The third-order valence-corrected chi connectivity index (χ3v) is 4.44. The Morgan fingerprint density at radius 3 is 2.29 bits per heavy atom. The van der Waals surface area contributed by atoms with Gasteiger partial charge in [0.1, 0.15) is 15.1 Å². The van der Waals surface area contributed by atoms with E-state index < -0.39 is 22.1 Å². The van der Waals surface area contributed by atoms with E-state index in [0.29, 0.717) is 5.56 Å². The molecule has 92 valence electrons. The van der Waals surface area contributed by atoms with Gasteiger partial charge in [-0.2, -0.15) is 0 Å². The number of rotatable bonds is 2. The summed E-state index contributed by atoms with van der Waals surface area (Å²) in [4.78, 5) is 10.9. The van der Waals surface area contributed by atoms with Crippen LogP contribution in [0, 0.1) is 5.92 Å². The molecule has 0 bridgehead atoms. The maximum Gasteiger partial charge on any atom is 0.310 e. The molecule has 0 spiro atoms. The van der Waals surface area contributed by atoms with Crippen molar-refractivity contribution in [1.82, 2.24) is 0 Å². The van der Waals surface area contributed by atoms with Gasteiger partial charge in [-0.05, 0) is 17.7 Å². The number of hydrogen-bond donors (Lipinski definition) is 2. The molecule has 0 saturated heterocycles. The van der Waals surface area contributed by atoms with Crippen molar-refractivity contribution in [3.8, 4) is 5.75 Å². The van der Waals surface area contributed by atoms with E-state index in [1.54, 1.807) is 0 Å². The average molecular weight is 316 g/mol. The molecule has 1 aromatic carbocycles. The molecule has 2 atom stereocenters. The van der Waals surface area contributed by atoms with Gasteiger partial charge in [-0.15, -0.1) is 0 Å². The zero-order valence-corrected chi connectivity index (χ0v) is 11.1. The highest BCUT2D eigenvalue weighted by Crippen LogP contribution is 2.65. The van der Waals surface area contributed by atoms with Gasteiger partial charge < -0.3 is 10.2 Å². The molecule has 2 N–H and O–H groups in total. The lowest BCUT2D eigenvalue weighted by Crippen LogP contribution is -2.03. The molecule has 1 fully saturated rings. The summed E-state index contributed by atoms with van der Waals surface area (Å²) >= 11 is 23.2. The van der Waals surface area contributed by atoms with Crippen LogP contribution in [0.4, 0.5) is 0 Å². The summed E-state index contributed by atoms with van der Waals surface area (Å²) in [7, 11) is 0. The molecule has 7 heteroatoms. The Kier molecular flexibility index (Phi) is 3.15. The van der Waals surface area contributed by atoms with Gasteiger partial charge in [-0.25, -0.2) is 0 Å². The molecule has 0 aliphatic heterocycles. The summed E-state index contributed by atoms with van der Waals surface area (Å²) in [6.07, 6.45) is 0. The van der Waals surface area contributed by atoms with Crippen LogP contribution in [0.3, 0.4) is 0 Å². The maximum absolute atomic E-state index is 10.9. The highest BCUT2D eigenvalue weighted by atomic mass is 35.5. The summed E-state index contributed by atoms with van der Waals surface area (Å²) < 4.78 is -1.38. The smallest absolute Gasteiger partial charge is 0.310 e. The van der Waals surface area contributed by atoms with Gasteiger partial charge in [-0.3, -0.25) is 4.79 Å². The minimum atomic E-state index is -1.38. The predicted octanol–water partition coefficient (Wildman–Crippen LogP) is 3.67. The molecule has 1 saturated carbocycles. The highest BCUT2D eigenvalue weighted by molar-refractivity contribution is 6.53. The number of alkyl halides is 2. The first-order valence-electron chi connectivity index (χ1n) is 4.55. The molecule has 1 aliphatic carbocycles. The van der Waals surface area contributed by atoms with Gasteiger partial charge in [0.05, 0.1) is 10.9 Å². The fourth-order valence-electron chi connectivity index (χ4n) is 1.82. The third-order valence-electron chi connectivity index (χ3n) is 2.71. The van der Waals surface area contributed by atoms with E-state index >= 15 is 0 Å². The van der Waals surface area contributed by atoms with E-state index in [4.69, 9.17) is 51.5 Å². The van der Waals surface area contributed by atoms with Crippen molar-refractivity contribution in [2.24, 2.45) is 5.92 Å². The Morgan fingerprint density at radius 2 is 1.88 bits per heavy atom. The fourth-order valence-corrected chi connectivity index (χ4v) is 2.97. The second-order valence-electron chi connectivity index (χ2n) is 3.80. The molecule has 0 radical (unpaired) electrons. The molecule has 0 amide bonds. The lowest BCUT2D eigenvalue weighted by atomic mass is 10.1. The molecule has 3 nitrogen and oxygen atoms in total. The van der Waals surface area contributed by atoms with Crippen LogP contribution in [-0.2, 0) is 4.79 Å². The van der Waals surface area contributed by atoms with Crippen LogP contribution in [0.15, 0.2) is 12.1 Å². The number of hydrogen-bond acceptors (Lipinski definition) is 2. The normalized spacial score (nSPS) is 25.6. The Balaban J connectivity index is 2.41. The monoisotopic (exact) mass is 314 g/mol. The van der Waals surface area contributed by atoms with Gasteiger partial charge >= 0.3 is 5.97 Å². The highest BCUT2D eigenvalue weighted by Gasteiger charge is 2.68. The van der Waals surface area contributed by atoms with E-state index in [2.05, 4.69) is 0 Å². The number of benzene rings is 1. The Bertz CT molecular complexity index is 477. The van der Waals surface area contributed by atoms with Gasteiger partial charge in [-0.1, -0.05) is 46.4 Å². The fraction of sp³-hybridized carbons (Fsp3) is 0.300. The number of phenolic OH excluding ortho intramolecular Hbond substituents is 1. The molecule has 0 aromatic heterocycles. The summed E-state index contributed by atoms with van der Waals surface area (Å²) in [6, 6.07) is 2.78. The molecular formula is C10H6Cl4O3. The lowest BCUT2D eigenvalue weighted by Gasteiger charge is -2.05. The third kappa shape index (κ3) is 2.06. The van der Waals surface area contributed by atoms with E-state index in [1.807, 2.05) is 0 Å². The van der Waals surface area contributed by atoms with Crippen molar-refractivity contribution in [3.63, 3.8) is 0 Å². The minimum absolute atomic E-state index is 0.0117. The van der Waals surface area contributed by atoms with E-state index in [-0.39, 0.29) is 15.8 Å². The van der Waals surface area contributed by atoms with Crippen LogP contribution in [0.1, 0.15) is 11.5 Å². The quantitative estimate of drug-likeness (QED) is 0.819. The summed E-state index contributed by atoms with van der Waals surface area (Å²) in [5.41, 5.74) is 0.453. The van der Waals surface area contributed by atoms with Crippen molar-refractivity contribution in [2.45, 2.75) is 10.3 Å². The van der Waals surface area contributed by atoms with Crippen LogP contribution in [-0.4, -0.2) is 20.5 Å². The summed E-state index contributed by atoms with van der Waals surface area (Å²) in [5.74, 6) is -2.84. The minimum Gasteiger partial charge on any atom is -0.506 e. The molecular weight excluding hydrogens is 310 g/mol. The van der Waals surface area contributed by atoms with Gasteiger partial charge in [0.15, 0.2) is 0 Å². The number of carboxylic acid groups (broad SMARTS) is 1. The standard InChI is InChI=1S/C10H6Cl4O3/c11-4-1-3(2-5(15)8(4)12)6-7(9(16)17)10(6,13)14/h1-2,6-7,15H,(H,16,17)/t6?,7-/m0/s1. The zero-order chi connectivity index (χ0) is 13.0. The topological polar surface area (TPSA) is 57.5 Å². The zero-order valence-electron chi connectivity index (χ0n) is 8.12. The molecule has 1 aliphatic rings. The van der Waals surface area contributed by atoms with Crippen molar-refractivity contribution in [3.05, 3.63) is 27.7 Å². The van der Waals surface area contributed by atoms with E-state index in [9.17, 15) is 9.90 Å². The molecule has 17 heavy (non-hydrogen) atoms. The van der Waals surface area contributed by atoms with Crippen LogP contribution < -0.4 is 0 Å². The van der Waals surface area contributed by atoms with Gasteiger partial charge in [0, 0.05) is 5.92 Å². The lowest BCUT2D eigenvalue weighted by molar-refractivity contribution is -0.138. The van der Waals surface area contributed by atoms with Gasteiger partial charge in [0.2, 0.25) is 0 Å². The second-order valence-corrected chi connectivity index (χ2v) is 6.03. The molecule has 1 unspecified atom stereocenters. The predicted molar refractivity (Wildman–Crippen MR) is 66.4 cm³/mol. The second kappa shape index (κ2) is 4.09. The average Bonchev–Trinajstić information content (AvgIpc) is 2.77. The Labute approximate surface area is 117 Å². The molecule has 1 aromatic rings. The van der Waals surface area contributed by atoms with Crippen molar-refractivity contribution in [2.75, 3.05) is 0 Å².